The van der Waals surface area contributed by atoms with Crippen LogP contribution in [0.2, 0.25) is 0 Å². The van der Waals surface area contributed by atoms with Crippen molar-refractivity contribution < 1.29 is 4.79 Å². The van der Waals surface area contributed by atoms with E-state index in [1.807, 2.05) is 32.3 Å². The van der Waals surface area contributed by atoms with Crippen molar-refractivity contribution in [2.24, 2.45) is 0 Å². The second-order valence-corrected chi connectivity index (χ2v) is 6.14. The summed E-state index contributed by atoms with van der Waals surface area (Å²) in [7, 11) is 4.06. The van der Waals surface area contributed by atoms with Crippen molar-refractivity contribution in [1.82, 2.24) is 20.4 Å². The molecule has 1 aliphatic heterocycles. The van der Waals surface area contributed by atoms with Gasteiger partial charge in [-0.05, 0) is 44.8 Å². The van der Waals surface area contributed by atoms with Crippen molar-refractivity contribution in [1.29, 1.82) is 0 Å². The van der Waals surface area contributed by atoms with Gasteiger partial charge in [0.2, 0.25) is 0 Å². The maximum atomic E-state index is 12.2. The Bertz CT molecular complexity index is 469. The summed E-state index contributed by atoms with van der Waals surface area (Å²) in [4.78, 5) is 16.7. The van der Waals surface area contributed by atoms with Gasteiger partial charge in [0.05, 0.1) is 0 Å². The Balaban J connectivity index is 1.72. The van der Waals surface area contributed by atoms with Gasteiger partial charge in [-0.15, -0.1) is 0 Å². The van der Waals surface area contributed by atoms with Crippen LogP contribution in [0.5, 0.6) is 0 Å². The van der Waals surface area contributed by atoms with Crippen LogP contribution >= 0.6 is 0 Å². The molecule has 22 heavy (non-hydrogen) atoms. The number of carbonyl (C=O) groups excluding carboxylic acids is 1. The number of rotatable bonds is 7. The molecule has 1 saturated heterocycles. The van der Waals surface area contributed by atoms with Crippen LogP contribution in [-0.2, 0) is 6.54 Å². The summed E-state index contributed by atoms with van der Waals surface area (Å²) in [5.74, 6) is 0.0286. The van der Waals surface area contributed by atoms with Crippen molar-refractivity contribution in [3.63, 3.8) is 0 Å². The van der Waals surface area contributed by atoms with Crippen LogP contribution in [-0.4, -0.2) is 69.1 Å². The number of benzene rings is 1. The zero-order chi connectivity index (χ0) is 15.8. The van der Waals surface area contributed by atoms with Crippen molar-refractivity contribution in [3.8, 4) is 0 Å². The van der Waals surface area contributed by atoms with E-state index in [1.165, 1.54) is 5.56 Å². The SMILES string of the molecule is CN(C)Cc1cccc(C(=O)NCCCN2CCNCC2)c1. The number of nitrogens with one attached hydrogen (secondary N) is 2. The van der Waals surface area contributed by atoms with Gasteiger partial charge in [0.1, 0.15) is 0 Å². The van der Waals surface area contributed by atoms with Crippen LogP contribution < -0.4 is 10.6 Å². The second-order valence-electron chi connectivity index (χ2n) is 6.14. The van der Waals surface area contributed by atoms with E-state index in [0.717, 1.165) is 57.8 Å². The Morgan fingerprint density at radius 2 is 2.09 bits per heavy atom. The highest BCUT2D eigenvalue weighted by molar-refractivity contribution is 5.94. The zero-order valence-electron chi connectivity index (χ0n) is 13.8. The number of hydrogen-bond acceptors (Lipinski definition) is 4. The van der Waals surface area contributed by atoms with Gasteiger partial charge in [0.25, 0.3) is 5.91 Å². The highest BCUT2D eigenvalue weighted by atomic mass is 16.1. The van der Waals surface area contributed by atoms with Crippen molar-refractivity contribution in [2.75, 3.05) is 53.4 Å². The number of amides is 1. The first kappa shape index (κ1) is 16.9. The van der Waals surface area contributed by atoms with E-state index >= 15 is 0 Å². The largest absolute Gasteiger partial charge is 0.352 e. The molecule has 0 atom stereocenters. The standard InChI is InChI=1S/C17H28N4O/c1-20(2)14-15-5-3-6-16(13-15)17(22)19-7-4-10-21-11-8-18-9-12-21/h3,5-6,13,18H,4,7-12,14H2,1-2H3,(H,19,22). The quantitative estimate of drug-likeness (QED) is 0.731. The minimum Gasteiger partial charge on any atom is -0.352 e. The fraction of sp³-hybridized carbons (Fsp3) is 0.588. The van der Waals surface area contributed by atoms with Gasteiger partial charge in [0.15, 0.2) is 0 Å². The lowest BCUT2D eigenvalue weighted by Crippen LogP contribution is -2.44. The molecular formula is C17H28N4O. The van der Waals surface area contributed by atoms with E-state index < -0.39 is 0 Å². The Labute approximate surface area is 133 Å². The van der Waals surface area contributed by atoms with Crippen LogP contribution in [0.3, 0.4) is 0 Å². The monoisotopic (exact) mass is 304 g/mol. The number of hydrogen-bond donors (Lipinski definition) is 2. The summed E-state index contributed by atoms with van der Waals surface area (Å²) in [6.45, 7) is 7.02. The summed E-state index contributed by atoms with van der Waals surface area (Å²) >= 11 is 0. The Morgan fingerprint density at radius 1 is 1.32 bits per heavy atom. The molecular weight excluding hydrogens is 276 g/mol. The molecule has 1 heterocycles. The maximum Gasteiger partial charge on any atom is 0.251 e. The maximum absolute atomic E-state index is 12.2. The first-order chi connectivity index (χ1) is 10.6. The summed E-state index contributed by atoms with van der Waals surface area (Å²) in [5, 5.41) is 6.37. The predicted octanol–water partition coefficient (Wildman–Crippen LogP) is 0.773. The normalized spacial score (nSPS) is 16.0. The van der Waals surface area contributed by atoms with Crippen LogP contribution in [0.15, 0.2) is 24.3 Å². The molecule has 1 amide bonds. The highest BCUT2D eigenvalue weighted by Crippen LogP contribution is 2.07. The molecule has 0 aliphatic carbocycles. The average molecular weight is 304 g/mol. The lowest BCUT2D eigenvalue weighted by Gasteiger charge is -2.27. The van der Waals surface area contributed by atoms with Crippen molar-refractivity contribution in [2.45, 2.75) is 13.0 Å². The molecule has 1 fully saturated rings. The van der Waals surface area contributed by atoms with Gasteiger partial charge in [0, 0.05) is 44.8 Å². The zero-order valence-corrected chi connectivity index (χ0v) is 13.8. The fourth-order valence-electron chi connectivity index (χ4n) is 2.72. The van der Waals surface area contributed by atoms with Crippen molar-refractivity contribution in [3.05, 3.63) is 35.4 Å². The third kappa shape index (κ3) is 5.75. The van der Waals surface area contributed by atoms with Crippen molar-refractivity contribution >= 4 is 5.91 Å². The lowest BCUT2D eigenvalue weighted by atomic mass is 10.1. The molecule has 0 aromatic heterocycles. The van der Waals surface area contributed by atoms with Crippen LogP contribution in [0, 0.1) is 0 Å². The van der Waals surface area contributed by atoms with E-state index in [9.17, 15) is 4.79 Å². The first-order valence-corrected chi connectivity index (χ1v) is 8.10. The fourth-order valence-corrected chi connectivity index (χ4v) is 2.72. The lowest BCUT2D eigenvalue weighted by molar-refractivity contribution is 0.0951. The smallest absolute Gasteiger partial charge is 0.251 e. The summed E-state index contributed by atoms with van der Waals surface area (Å²) in [5.41, 5.74) is 1.92. The summed E-state index contributed by atoms with van der Waals surface area (Å²) in [6.07, 6.45) is 1.00. The van der Waals surface area contributed by atoms with Gasteiger partial charge in [-0.2, -0.15) is 0 Å². The third-order valence-corrected chi connectivity index (χ3v) is 3.83. The van der Waals surface area contributed by atoms with E-state index in [4.69, 9.17) is 0 Å². The number of carbonyl (C=O) groups is 1. The number of nitrogens with zero attached hydrogens (tertiary/aromatic N) is 2. The molecule has 2 N–H and O–H groups in total. The third-order valence-electron chi connectivity index (χ3n) is 3.83. The topological polar surface area (TPSA) is 47.6 Å². The van der Waals surface area contributed by atoms with Crippen LogP contribution in [0.4, 0.5) is 0 Å². The molecule has 0 unspecified atom stereocenters. The molecule has 0 spiro atoms. The predicted molar refractivity (Wildman–Crippen MR) is 90.1 cm³/mol. The minimum atomic E-state index is 0.0286. The van der Waals surface area contributed by atoms with Gasteiger partial charge >= 0.3 is 0 Å². The van der Waals surface area contributed by atoms with Gasteiger partial charge < -0.3 is 20.4 Å². The second kappa shape index (κ2) is 8.88. The Morgan fingerprint density at radius 3 is 2.82 bits per heavy atom. The Kier molecular flexibility index (Phi) is 6.83. The molecule has 5 nitrogen and oxygen atoms in total. The summed E-state index contributed by atoms with van der Waals surface area (Å²) < 4.78 is 0. The van der Waals surface area contributed by atoms with Gasteiger partial charge in [-0.3, -0.25) is 4.79 Å². The van der Waals surface area contributed by atoms with Gasteiger partial charge in [-0.25, -0.2) is 0 Å². The van der Waals surface area contributed by atoms with Gasteiger partial charge in [-0.1, -0.05) is 12.1 Å². The van der Waals surface area contributed by atoms with Crippen LogP contribution in [0.1, 0.15) is 22.3 Å². The van der Waals surface area contributed by atoms with E-state index in [1.54, 1.807) is 0 Å². The number of piperazine rings is 1. The molecule has 0 saturated carbocycles. The minimum absolute atomic E-state index is 0.0286. The van der Waals surface area contributed by atoms with E-state index in [0.29, 0.717) is 0 Å². The van der Waals surface area contributed by atoms with E-state index in [-0.39, 0.29) is 5.91 Å². The highest BCUT2D eigenvalue weighted by Gasteiger charge is 2.09. The molecule has 0 bridgehead atoms. The summed E-state index contributed by atoms with van der Waals surface area (Å²) in [6, 6.07) is 7.87. The van der Waals surface area contributed by atoms with Crippen LogP contribution in [0.25, 0.3) is 0 Å². The molecule has 5 heteroatoms. The molecule has 1 aliphatic rings. The molecule has 2 rings (SSSR count). The first-order valence-electron chi connectivity index (χ1n) is 8.10. The van der Waals surface area contributed by atoms with E-state index in [2.05, 4.69) is 26.5 Å². The Hall–Kier alpha value is -1.43. The molecule has 122 valence electrons. The molecule has 1 aromatic carbocycles. The molecule has 1 aromatic rings. The molecule has 0 radical (unpaired) electrons. The average Bonchev–Trinajstić information content (AvgIpc) is 2.52.